The topological polar surface area (TPSA) is 71.1 Å². The minimum atomic E-state index is -0.478. The molecular formula is C17H32O6. The third-order valence-corrected chi connectivity index (χ3v) is 2.84. The summed E-state index contributed by atoms with van der Waals surface area (Å²) in [5.74, 6) is -0.127. The maximum atomic E-state index is 11.6. The van der Waals surface area contributed by atoms with E-state index in [9.17, 15) is 9.59 Å². The molecule has 0 aliphatic heterocycles. The third-order valence-electron chi connectivity index (χ3n) is 2.84. The van der Waals surface area contributed by atoms with Crippen molar-refractivity contribution < 1.29 is 28.5 Å². The van der Waals surface area contributed by atoms with Crippen molar-refractivity contribution in [3.63, 3.8) is 0 Å². The third kappa shape index (κ3) is 17.2. The Labute approximate surface area is 139 Å². The fourth-order valence-electron chi connectivity index (χ4n) is 1.78. The van der Waals surface area contributed by atoms with Gasteiger partial charge in [0.1, 0.15) is 18.0 Å². The first-order valence-corrected chi connectivity index (χ1v) is 8.23. The van der Waals surface area contributed by atoms with Crippen LogP contribution >= 0.6 is 0 Å². The maximum absolute atomic E-state index is 11.6. The molecule has 23 heavy (non-hydrogen) atoms. The van der Waals surface area contributed by atoms with Crippen LogP contribution in [0.2, 0.25) is 0 Å². The lowest BCUT2D eigenvalue weighted by molar-refractivity contribution is -0.160. The summed E-state index contributed by atoms with van der Waals surface area (Å²) in [7, 11) is 1.62. The lowest BCUT2D eigenvalue weighted by atomic mass is 10.1. The molecule has 0 aromatic carbocycles. The van der Waals surface area contributed by atoms with E-state index in [1.165, 1.54) is 0 Å². The number of methoxy groups -OCH3 is 1. The maximum Gasteiger partial charge on any atom is 0.332 e. The van der Waals surface area contributed by atoms with Crippen molar-refractivity contribution in [3.8, 4) is 0 Å². The van der Waals surface area contributed by atoms with Gasteiger partial charge in [-0.3, -0.25) is 4.79 Å². The molecule has 0 aromatic heterocycles. The predicted molar refractivity (Wildman–Crippen MR) is 87.5 cm³/mol. The molecule has 6 heteroatoms. The van der Waals surface area contributed by atoms with E-state index in [1.807, 2.05) is 20.8 Å². The van der Waals surface area contributed by atoms with Gasteiger partial charge in [-0.1, -0.05) is 6.42 Å². The molecule has 0 saturated heterocycles. The van der Waals surface area contributed by atoms with Crippen molar-refractivity contribution in [1.29, 1.82) is 0 Å². The van der Waals surface area contributed by atoms with E-state index in [-0.39, 0.29) is 18.4 Å². The molecule has 0 radical (unpaired) electrons. The van der Waals surface area contributed by atoms with Crippen LogP contribution in [0, 0.1) is 0 Å². The number of esters is 1. The number of hydrogen-bond donors (Lipinski definition) is 0. The number of rotatable bonds is 14. The van der Waals surface area contributed by atoms with Crippen LogP contribution in [-0.4, -0.2) is 57.5 Å². The predicted octanol–water partition coefficient (Wildman–Crippen LogP) is 2.53. The Morgan fingerprint density at radius 2 is 1.57 bits per heavy atom. The molecular weight excluding hydrogens is 300 g/mol. The Morgan fingerprint density at radius 1 is 0.826 bits per heavy atom. The highest BCUT2D eigenvalue weighted by atomic mass is 16.6. The minimum Gasteiger partial charge on any atom is -0.458 e. The van der Waals surface area contributed by atoms with Crippen LogP contribution < -0.4 is 0 Å². The van der Waals surface area contributed by atoms with E-state index in [0.717, 1.165) is 19.3 Å². The Morgan fingerprint density at radius 3 is 2.22 bits per heavy atom. The summed E-state index contributed by atoms with van der Waals surface area (Å²) in [6, 6.07) is 0. The van der Waals surface area contributed by atoms with E-state index in [0.29, 0.717) is 39.3 Å². The van der Waals surface area contributed by atoms with Crippen molar-refractivity contribution in [2.24, 2.45) is 0 Å². The van der Waals surface area contributed by atoms with Gasteiger partial charge in [0, 0.05) is 26.6 Å². The average molecular weight is 332 g/mol. The SMILES string of the molecule is COCCOCCC(=O)CCCCCOCC(=O)OC(C)(C)C. The molecule has 0 heterocycles. The molecule has 136 valence electrons. The standard InChI is InChI=1S/C17H32O6/c1-17(2,3)23-16(19)14-22-10-7-5-6-8-15(18)9-11-21-13-12-20-4/h5-14H2,1-4H3. The van der Waals surface area contributed by atoms with E-state index in [4.69, 9.17) is 18.9 Å². The summed E-state index contributed by atoms with van der Waals surface area (Å²) < 4.78 is 20.5. The van der Waals surface area contributed by atoms with E-state index in [1.54, 1.807) is 7.11 Å². The van der Waals surface area contributed by atoms with Crippen LogP contribution in [0.3, 0.4) is 0 Å². The van der Waals surface area contributed by atoms with Crippen LogP contribution in [0.5, 0.6) is 0 Å². The van der Waals surface area contributed by atoms with Crippen molar-refractivity contribution in [2.75, 3.05) is 40.1 Å². The number of carbonyl (C=O) groups excluding carboxylic acids is 2. The van der Waals surface area contributed by atoms with Gasteiger partial charge < -0.3 is 18.9 Å². The van der Waals surface area contributed by atoms with Gasteiger partial charge in [-0.15, -0.1) is 0 Å². The van der Waals surface area contributed by atoms with Crippen LogP contribution in [0.15, 0.2) is 0 Å². The van der Waals surface area contributed by atoms with Gasteiger partial charge in [0.05, 0.1) is 19.8 Å². The highest BCUT2D eigenvalue weighted by Crippen LogP contribution is 2.07. The van der Waals surface area contributed by atoms with Gasteiger partial charge in [0.15, 0.2) is 0 Å². The zero-order valence-corrected chi connectivity index (χ0v) is 15.0. The molecule has 0 rings (SSSR count). The summed E-state index contributed by atoms with van der Waals surface area (Å²) >= 11 is 0. The summed E-state index contributed by atoms with van der Waals surface area (Å²) in [6.07, 6.45) is 3.61. The average Bonchev–Trinajstić information content (AvgIpc) is 2.44. The lowest BCUT2D eigenvalue weighted by Crippen LogP contribution is -2.26. The molecule has 0 aliphatic rings. The second kappa shape index (κ2) is 13.5. The van der Waals surface area contributed by atoms with Crippen LogP contribution in [0.25, 0.3) is 0 Å². The number of unbranched alkanes of at least 4 members (excludes halogenated alkanes) is 2. The summed E-state index contributed by atoms with van der Waals surface area (Å²) in [5.41, 5.74) is -0.478. The second-order valence-corrected chi connectivity index (χ2v) is 6.34. The van der Waals surface area contributed by atoms with Gasteiger partial charge >= 0.3 is 5.97 Å². The van der Waals surface area contributed by atoms with Gasteiger partial charge in [-0.25, -0.2) is 4.79 Å². The van der Waals surface area contributed by atoms with Crippen molar-refractivity contribution in [2.45, 2.75) is 58.5 Å². The van der Waals surface area contributed by atoms with Crippen LogP contribution in [-0.2, 0) is 28.5 Å². The number of ketones is 1. The molecule has 0 aromatic rings. The van der Waals surface area contributed by atoms with Gasteiger partial charge in [0.25, 0.3) is 0 Å². The van der Waals surface area contributed by atoms with E-state index in [2.05, 4.69) is 0 Å². The Hall–Kier alpha value is -0.980. The Bertz CT molecular complexity index is 322. The smallest absolute Gasteiger partial charge is 0.332 e. The minimum absolute atomic E-state index is 0.0188. The molecule has 0 spiro atoms. The highest BCUT2D eigenvalue weighted by Gasteiger charge is 2.15. The van der Waals surface area contributed by atoms with Gasteiger partial charge in [0.2, 0.25) is 0 Å². The number of ether oxygens (including phenoxy) is 4. The molecule has 0 bridgehead atoms. The highest BCUT2D eigenvalue weighted by molar-refractivity contribution is 5.78. The van der Waals surface area contributed by atoms with Crippen LogP contribution in [0.1, 0.15) is 52.9 Å². The van der Waals surface area contributed by atoms with Gasteiger partial charge in [-0.05, 0) is 33.6 Å². The summed E-state index contributed by atoms with van der Waals surface area (Å²) in [4.78, 5) is 23.0. The fraction of sp³-hybridized carbons (Fsp3) is 0.882. The first kappa shape index (κ1) is 22.0. The lowest BCUT2D eigenvalue weighted by Gasteiger charge is -2.19. The van der Waals surface area contributed by atoms with E-state index >= 15 is 0 Å². The zero-order valence-electron chi connectivity index (χ0n) is 15.0. The normalized spacial score (nSPS) is 11.5. The first-order valence-electron chi connectivity index (χ1n) is 8.23. The molecule has 0 aliphatic carbocycles. The van der Waals surface area contributed by atoms with Crippen LogP contribution in [0.4, 0.5) is 0 Å². The first-order chi connectivity index (χ1) is 10.8. The molecule has 0 amide bonds. The molecule has 0 N–H and O–H groups in total. The monoisotopic (exact) mass is 332 g/mol. The molecule has 6 nitrogen and oxygen atoms in total. The second-order valence-electron chi connectivity index (χ2n) is 6.34. The Balaban J connectivity index is 3.35. The number of Topliss-reactive ketones (excluding diaryl/α,β-unsaturated/α-hetero) is 1. The van der Waals surface area contributed by atoms with E-state index < -0.39 is 5.60 Å². The number of carbonyl (C=O) groups is 2. The van der Waals surface area contributed by atoms with Crippen molar-refractivity contribution in [1.82, 2.24) is 0 Å². The summed E-state index contributed by atoms with van der Waals surface area (Å²) in [5, 5.41) is 0. The Kier molecular flexibility index (Phi) is 12.9. The quantitative estimate of drug-likeness (QED) is 0.359. The fourth-order valence-corrected chi connectivity index (χ4v) is 1.78. The zero-order chi connectivity index (χ0) is 17.6. The largest absolute Gasteiger partial charge is 0.458 e. The molecule has 0 saturated carbocycles. The van der Waals surface area contributed by atoms with Crippen molar-refractivity contribution >= 4 is 11.8 Å². The number of hydrogen-bond acceptors (Lipinski definition) is 6. The molecule has 0 fully saturated rings. The summed E-state index contributed by atoms with van der Waals surface area (Å²) in [6.45, 7) is 7.50. The molecule has 0 unspecified atom stereocenters. The molecule has 0 atom stereocenters. The van der Waals surface area contributed by atoms with Gasteiger partial charge in [-0.2, -0.15) is 0 Å². The van der Waals surface area contributed by atoms with Crippen molar-refractivity contribution in [3.05, 3.63) is 0 Å².